The lowest BCUT2D eigenvalue weighted by atomic mass is 9.82. The number of carbonyl (C=O) groups is 2. The van der Waals surface area contributed by atoms with Crippen molar-refractivity contribution in [3.05, 3.63) is 0 Å². The van der Waals surface area contributed by atoms with Gasteiger partial charge in [0.15, 0.2) is 0 Å². The number of amides is 1. The van der Waals surface area contributed by atoms with E-state index in [4.69, 9.17) is 0 Å². The van der Waals surface area contributed by atoms with Crippen molar-refractivity contribution in [2.45, 2.75) is 57.4 Å². The molecule has 2 aliphatic carbocycles. The number of aliphatic carboxylic acids is 1. The van der Waals surface area contributed by atoms with E-state index in [1.165, 1.54) is 6.42 Å². The average Bonchev–Trinajstić information content (AvgIpc) is 2.24. The summed E-state index contributed by atoms with van der Waals surface area (Å²) in [7, 11) is 0. The quantitative estimate of drug-likeness (QED) is 0.787. The van der Waals surface area contributed by atoms with E-state index in [9.17, 15) is 14.7 Å². The molecular formula is C13H21NO3. The minimum Gasteiger partial charge on any atom is -0.480 e. The molecule has 0 radical (unpaired) electrons. The van der Waals surface area contributed by atoms with Crippen LogP contribution in [0.15, 0.2) is 0 Å². The molecule has 2 fully saturated rings. The molecule has 0 aromatic carbocycles. The van der Waals surface area contributed by atoms with E-state index in [0.717, 1.165) is 44.9 Å². The molecule has 0 aliphatic heterocycles. The molecule has 17 heavy (non-hydrogen) atoms. The van der Waals surface area contributed by atoms with E-state index < -0.39 is 12.0 Å². The third-order valence-electron chi connectivity index (χ3n) is 4.16. The number of hydrogen-bond donors (Lipinski definition) is 2. The van der Waals surface area contributed by atoms with Crippen molar-refractivity contribution in [2.24, 2.45) is 11.8 Å². The maximum Gasteiger partial charge on any atom is 0.326 e. The lowest BCUT2D eigenvalue weighted by Gasteiger charge is -2.31. The molecule has 4 heteroatoms. The maximum atomic E-state index is 11.8. The van der Waals surface area contributed by atoms with Crippen molar-refractivity contribution < 1.29 is 14.7 Å². The zero-order chi connectivity index (χ0) is 12.3. The van der Waals surface area contributed by atoms with Gasteiger partial charge in [0.2, 0.25) is 5.91 Å². The number of carboxylic acids is 1. The van der Waals surface area contributed by atoms with Gasteiger partial charge in [0, 0.05) is 5.92 Å². The second-order valence-electron chi connectivity index (χ2n) is 5.35. The number of carboxylic acid groups (broad SMARTS) is 1. The molecule has 1 unspecified atom stereocenters. The molecule has 0 aromatic heterocycles. The van der Waals surface area contributed by atoms with Crippen LogP contribution in [-0.4, -0.2) is 23.0 Å². The molecule has 2 rings (SSSR count). The van der Waals surface area contributed by atoms with E-state index in [1.807, 2.05) is 0 Å². The second kappa shape index (κ2) is 5.52. The monoisotopic (exact) mass is 239 g/mol. The van der Waals surface area contributed by atoms with Crippen LogP contribution in [0.1, 0.15) is 51.4 Å². The zero-order valence-electron chi connectivity index (χ0n) is 10.2. The van der Waals surface area contributed by atoms with Crippen molar-refractivity contribution in [1.82, 2.24) is 5.32 Å². The van der Waals surface area contributed by atoms with Crippen LogP contribution in [0, 0.1) is 11.8 Å². The highest BCUT2D eigenvalue weighted by atomic mass is 16.4. The second-order valence-corrected chi connectivity index (χ2v) is 5.35. The fraction of sp³-hybridized carbons (Fsp3) is 0.846. The third-order valence-corrected chi connectivity index (χ3v) is 4.16. The smallest absolute Gasteiger partial charge is 0.326 e. The first-order valence-electron chi connectivity index (χ1n) is 6.71. The molecule has 0 bridgehead atoms. The predicted molar refractivity (Wildman–Crippen MR) is 63.5 cm³/mol. The molecule has 0 heterocycles. The van der Waals surface area contributed by atoms with E-state index in [1.54, 1.807) is 0 Å². The molecule has 2 N–H and O–H groups in total. The van der Waals surface area contributed by atoms with Crippen LogP contribution in [0.4, 0.5) is 0 Å². The van der Waals surface area contributed by atoms with Gasteiger partial charge < -0.3 is 10.4 Å². The van der Waals surface area contributed by atoms with Gasteiger partial charge >= 0.3 is 5.97 Å². The van der Waals surface area contributed by atoms with Crippen molar-refractivity contribution >= 4 is 11.9 Å². The van der Waals surface area contributed by atoms with Crippen LogP contribution in [0.3, 0.4) is 0 Å². The third kappa shape index (κ3) is 2.99. The van der Waals surface area contributed by atoms with Gasteiger partial charge in [-0.2, -0.15) is 0 Å². The van der Waals surface area contributed by atoms with Gasteiger partial charge in [0.25, 0.3) is 0 Å². The molecule has 4 nitrogen and oxygen atoms in total. The molecular weight excluding hydrogens is 218 g/mol. The minimum atomic E-state index is -0.871. The Morgan fingerprint density at radius 1 is 1.00 bits per heavy atom. The Labute approximate surface area is 102 Å². The van der Waals surface area contributed by atoms with E-state index in [0.29, 0.717) is 0 Å². The highest BCUT2D eigenvalue weighted by Crippen LogP contribution is 2.29. The average molecular weight is 239 g/mol. The summed E-state index contributed by atoms with van der Waals surface area (Å²) in [5.41, 5.74) is 0. The minimum absolute atomic E-state index is 0.0470. The van der Waals surface area contributed by atoms with Gasteiger partial charge in [-0.3, -0.25) is 4.79 Å². The summed E-state index contributed by atoms with van der Waals surface area (Å²) in [6, 6.07) is -0.664. The van der Waals surface area contributed by atoms with E-state index in [-0.39, 0.29) is 17.7 Å². The normalized spacial score (nSPS) is 23.8. The summed E-state index contributed by atoms with van der Waals surface area (Å²) in [4.78, 5) is 23.1. The summed E-state index contributed by atoms with van der Waals surface area (Å²) < 4.78 is 0. The molecule has 0 saturated heterocycles. The van der Waals surface area contributed by atoms with Crippen molar-refractivity contribution in [3.8, 4) is 0 Å². The van der Waals surface area contributed by atoms with Gasteiger partial charge in [-0.15, -0.1) is 0 Å². The Kier molecular flexibility index (Phi) is 4.02. The summed E-state index contributed by atoms with van der Waals surface area (Å²) in [5.74, 6) is -0.718. The first-order chi connectivity index (χ1) is 8.18. The Morgan fingerprint density at radius 2 is 1.65 bits per heavy atom. The maximum absolute atomic E-state index is 11.8. The molecule has 2 aliphatic rings. The Balaban J connectivity index is 1.91. The van der Waals surface area contributed by atoms with Gasteiger partial charge in [-0.1, -0.05) is 25.7 Å². The van der Waals surface area contributed by atoms with Gasteiger partial charge in [-0.05, 0) is 31.6 Å². The van der Waals surface area contributed by atoms with Crippen LogP contribution >= 0.6 is 0 Å². The van der Waals surface area contributed by atoms with Crippen LogP contribution in [0.25, 0.3) is 0 Å². The lowest BCUT2D eigenvalue weighted by molar-refractivity contribution is -0.145. The number of carbonyl (C=O) groups excluding carboxylic acids is 1. The number of rotatable bonds is 4. The SMILES string of the molecule is O=C(NC(C(=O)O)C1CCCCC1)C1CCC1. The Bertz CT molecular complexity index is 293. The standard InChI is InChI=1S/C13H21NO3/c15-12(10-7-4-8-10)14-11(13(16)17)9-5-2-1-3-6-9/h9-11H,1-8H2,(H,14,15)(H,16,17). The van der Waals surface area contributed by atoms with E-state index in [2.05, 4.69) is 5.32 Å². The van der Waals surface area contributed by atoms with Crippen LogP contribution in [0.2, 0.25) is 0 Å². The molecule has 0 aromatic rings. The molecule has 96 valence electrons. The summed E-state index contributed by atoms with van der Waals surface area (Å²) >= 11 is 0. The van der Waals surface area contributed by atoms with Crippen LogP contribution < -0.4 is 5.32 Å². The van der Waals surface area contributed by atoms with Crippen molar-refractivity contribution in [1.29, 1.82) is 0 Å². The molecule has 0 spiro atoms. The Morgan fingerprint density at radius 3 is 2.12 bits per heavy atom. The molecule has 1 amide bonds. The highest BCUT2D eigenvalue weighted by molar-refractivity contribution is 5.85. The van der Waals surface area contributed by atoms with Crippen LogP contribution in [-0.2, 0) is 9.59 Å². The first kappa shape index (κ1) is 12.4. The van der Waals surface area contributed by atoms with Gasteiger partial charge in [-0.25, -0.2) is 4.79 Å². The number of hydrogen-bond acceptors (Lipinski definition) is 2. The fourth-order valence-electron chi connectivity index (χ4n) is 2.79. The fourth-order valence-corrected chi connectivity index (χ4v) is 2.79. The number of nitrogens with one attached hydrogen (secondary N) is 1. The Hall–Kier alpha value is -1.06. The van der Waals surface area contributed by atoms with E-state index >= 15 is 0 Å². The van der Waals surface area contributed by atoms with Crippen molar-refractivity contribution in [3.63, 3.8) is 0 Å². The topological polar surface area (TPSA) is 66.4 Å². The van der Waals surface area contributed by atoms with Crippen molar-refractivity contribution in [2.75, 3.05) is 0 Å². The van der Waals surface area contributed by atoms with Gasteiger partial charge in [0.05, 0.1) is 0 Å². The summed E-state index contributed by atoms with van der Waals surface area (Å²) in [6.45, 7) is 0. The summed E-state index contributed by atoms with van der Waals surface area (Å²) in [6.07, 6.45) is 8.18. The molecule has 1 atom stereocenters. The van der Waals surface area contributed by atoms with Gasteiger partial charge in [0.1, 0.15) is 6.04 Å². The van der Waals surface area contributed by atoms with Crippen LogP contribution in [0.5, 0.6) is 0 Å². The predicted octanol–water partition coefficient (Wildman–Crippen LogP) is 1.94. The largest absolute Gasteiger partial charge is 0.480 e. The molecule has 2 saturated carbocycles. The highest BCUT2D eigenvalue weighted by Gasteiger charge is 2.34. The summed E-state index contributed by atoms with van der Waals surface area (Å²) in [5, 5.41) is 12.0. The first-order valence-corrected chi connectivity index (χ1v) is 6.71. The lowest BCUT2D eigenvalue weighted by Crippen LogP contribution is -2.49. The zero-order valence-corrected chi connectivity index (χ0v) is 10.2.